The quantitative estimate of drug-likeness (QED) is 0.706. The van der Waals surface area contributed by atoms with E-state index in [2.05, 4.69) is 5.32 Å². The molecule has 0 radical (unpaired) electrons. The number of carbonyl (C=O) groups is 1. The molecule has 2 aromatic carbocycles. The van der Waals surface area contributed by atoms with Gasteiger partial charge < -0.3 is 14.8 Å². The smallest absolute Gasteiger partial charge is 0.251 e. The van der Waals surface area contributed by atoms with Crippen molar-refractivity contribution in [1.82, 2.24) is 5.32 Å². The second kappa shape index (κ2) is 9.91. The van der Waals surface area contributed by atoms with Gasteiger partial charge in [-0.05, 0) is 48.7 Å². The fraction of sp³-hybridized carbons (Fsp3) is 0.350. The summed E-state index contributed by atoms with van der Waals surface area (Å²) < 4.78 is 24.0. The van der Waals surface area contributed by atoms with Crippen LogP contribution in [-0.4, -0.2) is 25.7 Å². The molecule has 0 unspecified atom stereocenters. The van der Waals surface area contributed by atoms with E-state index < -0.39 is 0 Å². The van der Waals surface area contributed by atoms with Crippen molar-refractivity contribution in [2.45, 2.75) is 27.0 Å². The topological polar surface area (TPSA) is 47.6 Å². The summed E-state index contributed by atoms with van der Waals surface area (Å²) in [6, 6.07) is 12.2. The number of halogens is 1. The Morgan fingerprint density at radius 1 is 1.08 bits per heavy atom. The van der Waals surface area contributed by atoms with Gasteiger partial charge in [0.2, 0.25) is 0 Å². The van der Waals surface area contributed by atoms with Crippen molar-refractivity contribution in [3.8, 4) is 0 Å². The number of hydrogen-bond donors (Lipinski definition) is 1. The van der Waals surface area contributed by atoms with Crippen molar-refractivity contribution in [2.24, 2.45) is 0 Å². The Balaban J connectivity index is 1.84. The number of hydrogen-bond acceptors (Lipinski definition) is 3. The molecule has 25 heavy (non-hydrogen) atoms. The molecule has 0 aromatic heterocycles. The zero-order valence-corrected chi connectivity index (χ0v) is 14.7. The third-order valence-electron chi connectivity index (χ3n) is 3.71. The monoisotopic (exact) mass is 345 g/mol. The van der Waals surface area contributed by atoms with Crippen molar-refractivity contribution >= 4 is 5.91 Å². The minimum atomic E-state index is -0.311. The Morgan fingerprint density at radius 2 is 1.84 bits per heavy atom. The maximum atomic E-state index is 13.3. The van der Waals surface area contributed by atoms with Gasteiger partial charge in [0, 0.05) is 18.7 Å². The van der Waals surface area contributed by atoms with E-state index in [4.69, 9.17) is 9.47 Å². The highest BCUT2D eigenvalue weighted by Crippen LogP contribution is 2.10. The predicted molar refractivity (Wildman–Crippen MR) is 94.9 cm³/mol. The SMILES string of the molecule is CCOCCOCc1cccc(CNC(=O)c2ccc(F)c(C)c2)c1. The number of rotatable bonds is 9. The molecule has 0 aliphatic rings. The fourth-order valence-electron chi connectivity index (χ4n) is 2.35. The Morgan fingerprint density at radius 3 is 2.60 bits per heavy atom. The van der Waals surface area contributed by atoms with E-state index in [9.17, 15) is 9.18 Å². The van der Waals surface area contributed by atoms with Crippen LogP contribution in [0, 0.1) is 12.7 Å². The molecule has 5 heteroatoms. The normalized spacial score (nSPS) is 10.7. The molecule has 1 amide bonds. The van der Waals surface area contributed by atoms with E-state index in [0.717, 1.165) is 11.1 Å². The Hall–Kier alpha value is -2.24. The first kappa shape index (κ1) is 19.1. The largest absolute Gasteiger partial charge is 0.379 e. The van der Waals surface area contributed by atoms with Crippen molar-refractivity contribution in [3.63, 3.8) is 0 Å². The van der Waals surface area contributed by atoms with Gasteiger partial charge in [-0.2, -0.15) is 0 Å². The molecular formula is C20H24FNO3. The van der Waals surface area contributed by atoms with Gasteiger partial charge in [0.1, 0.15) is 5.82 Å². The third kappa shape index (κ3) is 6.29. The minimum absolute atomic E-state index is 0.221. The zero-order chi connectivity index (χ0) is 18.1. The molecule has 0 fully saturated rings. The minimum Gasteiger partial charge on any atom is -0.379 e. The van der Waals surface area contributed by atoms with E-state index in [1.807, 2.05) is 31.2 Å². The number of amides is 1. The van der Waals surface area contributed by atoms with Crippen LogP contribution in [0.25, 0.3) is 0 Å². The van der Waals surface area contributed by atoms with Crippen LogP contribution in [0.15, 0.2) is 42.5 Å². The van der Waals surface area contributed by atoms with Crippen LogP contribution in [0.3, 0.4) is 0 Å². The van der Waals surface area contributed by atoms with Gasteiger partial charge in [-0.25, -0.2) is 4.39 Å². The van der Waals surface area contributed by atoms with Crippen LogP contribution in [-0.2, 0) is 22.6 Å². The molecule has 0 heterocycles. The molecule has 0 saturated heterocycles. The van der Waals surface area contributed by atoms with Crippen molar-refractivity contribution < 1.29 is 18.7 Å². The summed E-state index contributed by atoms with van der Waals surface area (Å²) in [5.74, 6) is -0.532. The lowest BCUT2D eigenvalue weighted by molar-refractivity contribution is 0.0453. The lowest BCUT2D eigenvalue weighted by atomic mass is 10.1. The summed E-state index contributed by atoms with van der Waals surface area (Å²) in [4.78, 5) is 12.2. The summed E-state index contributed by atoms with van der Waals surface area (Å²) in [6.45, 7) is 6.33. The van der Waals surface area contributed by atoms with Crippen LogP contribution in [0.2, 0.25) is 0 Å². The molecule has 0 saturated carbocycles. The summed E-state index contributed by atoms with van der Waals surface area (Å²) in [6.07, 6.45) is 0. The Labute approximate surface area is 148 Å². The number of nitrogens with one attached hydrogen (secondary N) is 1. The molecule has 0 bridgehead atoms. The highest BCUT2D eigenvalue weighted by Gasteiger charge is 2.07. The lowest BCUT2D eigenvalue weighted by Crippen LogP contribution is -2.23. The van der Waals surface area contributed by atoms with Gasteiger partial charge in [0.05, 0.1) is 19.8 Å². The van der Waals surface area contributed by atoms with Crippen molar-refractivity contribution in [1.29, 1.82) is 0 Å². The number of carbonyl (C=O) groups excluding carboxylic acids is 1. The lowest BCUT2D eigenvalue weighted by Gasteiger charge is -2.09. The van der Waals surface area contributed by atoms with Crippen molar-refractivity contribution in [3.05, 3.63) is 70.5 Å². The molecule has 2 rings (SSSR count). The molecule has 0 aliphatic heterocycles. The van der Waals surface area contributed by atoms with Crippen LogP contribution in [0.1, 0.15) is 34.0 Å². The second-order valence-corrected chi connectivity index (χ2v) is 5.72. The van der Waals surface area contributed by atoms with E-state index in [1.165, 1.54) is 12.1 Å². The van der Waals surface area contributed by atoms with E-state index in [-0.39, 0.29) is 11.7 Å². The Bertz CT molecular complexity index is 703. The molecule has 4 nitrogen and oxygen atoms in total. The van der Waals surface area contributed by atoms with Gasteiger partial charge in [0.15, 0.2) is 0 Å². The van der Waals surface area contributed by atoms with E-state index >= 15 is 0 Å². The van der Waals surface area contributed by atoms with Crippen LogP contribution in [0.4, 0.5) is 4.39 Å². The second-order valence-electron chi connectivity index (χ2n) is 5.72. The molecule has 0 aliphatic carbocycles. The first-order valence-electron chi connectivity index (χ1n) is 8.37. The first-order chi connectivity index (χ1) is 12.1. The standard InChI is InChI=1S/C20H24FNO3/c1-3-24-9-10-25-14-17-6-4-5-16(12-17)13-22-20(23)18-7-8-19(21)15(2)11-18/h4-8,11-12H,3,9-10,13-14H2,1-2H3,(H,22,23). The van der Waals surface area contributed by atoms with E-state index in [1.54, 1.807) is 13.0 Å². The first-order valence-corrected chi connectivity index (χ1v) is 8.37. The summed E-state index contributed by atoms with van der Waals surface area (Å²) >= 11 is 0. The summed E-state index contributed by atoms with van der Waals surface area (Å²) in [5.41, 5.74) is 2.94. The molecular weight excluding hydrogens is 321 g/mol. The van der Waals surface area contributed by atoms with Gasteiger partial charge in [0.25, 0.3) is 5.91 Å². The van der Waals surface area contributed by atoms with E-state index in [0.29, 0.717) is 44.1 Å². The number of benzene rings is 2. The molecule has 2 aromatic rings. The number of aryl methyl sites for hydroxylation is 1. The summed E-state index contributed by atoms with van der Waals surface area (Å²) in [7, 11) is 0. The predicted octanol–water partition coefficient (Wildman–Crippen LogP) is 3.62. The van der Waals surface area contributed by atoms with Gasteiger partial charge >= 0.3 is 0 Å². The molecule has 0 atom stereocenters. The zero-order valence-electron chi connectivity index (χ0n) is 14.7. The fourth-order valence-corrected chi connectivity index (χ4v) is 2.35. The molecule has 1 N–H and O–H groups in total. The van der Waals surface area contributed by atoms with Gasteiger partial charge in [-0.15, -0.1) is 0 Å². The molecule has 0 spiro atoms. The Kier molecular flexibility index (Phi) is 7.57. The van der Waals surface area contributed by atoms with Gasteiger partial charge in [-0.1, -0.05) is 24.3 Å². The van der Waals surface area contributed by atoms with Crippen LogP contribution < -0.4 is 5.32 Å². The highest BCUT2D eigenvalue weighted by atomic mass is 19.1. The van der Waals surface area contributed by atoms with Crippen molar-refractivity contribution in [2.75, 3.05) is 19.8 Å². The average Bonchev–Trinajstić information content (AvgIpc) is 2.62. The highest BCUT2D eigenvalue weighted by molar-refractivity contribution is 5.94. The third-order valence-corrected chi connectivity index (χ3v) is 3.71. The molecule has 134 valence electrons. The maximum Gasteiger partial charge on any atom is 0.251 e. The summed E-state index contributed by atoms with van der Waals surface area (Å²) in [5, 5.41) is 2.85. The average molecular weight is 345 g/mol. The number of ether oxygens (including phenoxy) is 2. The van der Waals surface area contributed by atoms with Gasteiger partial charge in [-0.3, -0.25) is 4.79 Å². The van der Waals surface area contributed by atoms with Crippen LogP contribution >= 0.6 is 0 Å². The van der Waals surface area contributed by atoms with Crippen LogP contribution in [0.5, 0.6) is 0 Å². The maximum absolute atomic E-state index is 13.3.